The Hall–Kier alpha value is -3.00. The maximum atomic E-state index is 12.9. The quantitative estimate of drug-likeness (QED) is 0.465. The van der Waals surface area contributed by atoms with E-state index in [0.29, 0.717) is 41.4 Å². The third-order valence-electron chi connectivity index (χ3n) is 4.50. The number of ether oxygens (including phenoxy) is 3. The molecule has 1 atom stereocenters. The van der Waals surface area contributed by atoms with Crippen LogP contribution in [0.4, 0.5) is 0 Å². The minimum Gasteiger partial charge on any atom is -0.486 e. The molecule has 0 N–H and O–H groups in total. The number of ketones is 1. The molecular formula is C20H18N2O5S. The number of aromatic nitrogens is 2. The molecule has 28 heavy (non-hydrogen) atoms. The number of rotatable bonds is 6. The van der Waals surface area contributed by atoms with Crippen LogP contribution in [0, 0.1) is 0 Å². The van der Waals surface area contributed by atoms with Crippen molar-refractivity contribution in [3.63, 3.8) is 0 Å². The van der Waals surface area contributed by atoms with Gasteiger partial charge in [0.05, 0.1) is 24.3 Å². The summed E-state index contributed by atoms with van der Waals surface area (Å²) in [4.78, 5) is 25.5. The van der Waals surface area contributed by atoms with E-state index in [4.69, 9.17) is 14.2 Å². The standard InChI is InChI=1S/C20H18N2O5S/c1-2-25-20(24)14(12-3-5-15-16(9-12)22-28-21-15)11-17(23)13-4-6-18-19(10-13)27-8-7-26-18/h3-6,9-10,14H,2,7-8,11H2,1H3. The molecule has 0 radical (unpaired) electrons. The van der Waals surface area contributed by atoms with Crippen molar-refractivity contribution in [3.8, 4) is 11.5 Å². The number of nitrogens with zero attached hydrogens (tertiary/aromatic N) is 2. The Labute approximate surface area is 165 Å². The fraction of sp³-hybridized carbons (Fsp3) is 0.300. The average Bonchev–Trinajstić information content (AvgIpc) is 3.19. The summed E-state index contributed by atoms with van der Waals surface area (Å²) in [5.41, 5.74) is 2.61. The van der Waals surface area contributed by atoms with Crippen LogP contribution in [0.5, 0.6) is 11.5 Å². The Balaban J connectivity index is 1.61. The first kappa shape index (κ1) is 18.4. The lowest BCUT2D eigenvalue weighted by Gasteiger charge is -2.19. The van der Waals surface area contributed by atoms with Crippen LogP contribution in [0.2, 0.25) is 0 Å². The van der Waals surface area contributed by atoms with Gasteiger partial charge in [0.15, 0.2) is 17.3 Å². The van der Waals surface area contributed by atoms with E-state index in [2.05, 4.69) is 8.75 Å². The Kier molecular flexibility index (Phi) is 5.21. The molecule has 144 valence electrons. The van der Waals surface area contributed by atoms with Crippen molar-refractivity contribution in [2.45, 2.75) is 19.3 Å². The Morgan fingerprint density at radius 2 is 1.86 bits per heavy atom. The molecule has 1 aliphatic rings. The third kappa shape index (κ3) is 3.68. The zero-order valence-corrected chi connectivity index (χ0v) is 16.0. The summed E-state index contributed by atoms with van der Waals surface area (Å²) in [5, 5.41) is 0. The molecule has 1 aliphatic heterocycles. The molecule has 0 saturated heterocycles. The monoisotopic (exact) mass is 398 g/mol. The van der Waals surface area contributed by atoms with E-state index in [-0.39, 0.29) is 18.8 Å². The molecule has 0 amide bonds. The van der Waals surface area contributed by atoms with Gasteiger partial charge in [0.1, 0.15) is 24.2 Å². The van der Waals surface area contributed by atoms with Crippen molar-refractivity contribution < 1.29 is 23.8 Å². The van der Waals surface area contributed by atoms with E-state index in [1.54, 1.807) is 43.3 Å². The summed E-state index contributed by atoms with van der Waals surface area (Å²) in [6.45, 7) is 2.91. The number of esters is 1. The number of hydrogen-bond acceptors (Lipinski definition) is 8. The first-order chi connectivity index (χ1) is 13.7. The summed E-state index contributed by atoms with van der Waals surface area (Å²) >= 11 is 1.11. The first-order valence-corrected chi connectivity index (χ1v) is 9.70. The Bertz CT molecular complexity index is 1030. The number of Topliss-reactive ketones (excluding diaryl/α,β-unsaturated/α-hetero) is 1. The molecule has 0 spiro atoms. The molecule has 0 bridgehead atoms. The molecule has 0 aliphatic carbocycles. The predicted octanol–water partition coefficient (Wildman–Crippen LogP) is 3.38. The molecule has 8 heteroatoms. The van der Waals surface area contributed by atoms with Crippen LogP contribution in [-0.4, -0.2) is 40.3 Å². The summed E-state index contributed by atoms with van der Waals surface area (Å²) in [7, 11) is 0. The van der Waals surface area contributed by atoms with Gasteiger partial charge in [-0.25, -0.2) is 0 Å². The maximum Gasteiger partial charge on any atom is 0.313 e. The lowest BCUT2D eigenvalue weighted by atomic mass is 9.91. The number of carbonyl (C=O) groups is 2. The summed E-state index contributed by atoms with van der Waals surface area (Å²) in [5.74, 6) is -0.166. The second-order valence-electron chi connectivity index (χ2n) is 6.30. The lowest BCUT2D eigenvalue weighted by Crippen LogP contribution is -2.20. The van der Waals surface area contributed by atoms with Crippen molar-refractivity contribution in [3.05, 3.63) is 47.5 Å². The lowest BCUT2D eigenvalue weighted by molar-refractivity contribution is -0.144. The molecule has 3 aromatic rings. The van der Waals surface area contributed by atoms with Crippen LogP contribution in [0.3, 0.4) is 0 Å². The fourth-order valence-corrected chi connectivity index (χ4v) is 3.63. The van der Waals surface area contributed by atoms with Gasteiger partial charge in [0.25, 0.3) is 0 Å². The van der Waals surface area contributed by atoms with Crippen molar-refractivity contribution >= 4 is 34.5 Å². The maximum absolute atomic E-state index is 12.9. The Morgan fingerprint density at radius 1 is 1.07 bits per heavy atom. The highest BCUT2D eigenvalue weighted by Gasteiger charge is 2.27. The highest BCUT2D eigenvalue weighted by molar-refractivity contribution is 7.00. The largest absolute Gasteiger partial charge is 0.486 e. The van der Waals surface area contributed by atoms with E-state index in [1.807, 2.05) is 0 Å². The Morgan fingerprint density at radius 3 is 2.68 bits per heavy atom. The van der Waals surface area contributed by atoms with Gasteiger partial charge in [0.2, 0.25) is 0 Å². The number of carbonyl (C=O) groups excluding carboxylic acids is 2. The van der Waals surface area contributed by atoms with Crippen LogP contribution < -0.4 is 9.47 Å². The highest BCUT2D eigenvalue weighted by Crippen LogP contribution is 2.32. The van der Waals surface area contributed by atoms with Gasteiger partial charge in [-0.05, 0) is 42.8 Å². The van der Waals surface area contributed by atoms with Crippen LogP contribution in [0.1, 0.15) is 35.2 Å². The first-order valence-electron chi connectivity index (χ1n) is 8.97. The molecule has 1 unspecified atom stereocenters. The molecule has 7 nitrogen and oxygen atoms in total. The van der Waals surface area contributed by atoms with Crippen molar-refractivity contribution in [2.24, 2.45) is 0 Å². The van der Waals surface area contributed by atoms with E-state index < -0.39 is 11.9 Å². The average molecular weight is 398 g/mol. The number of hydrogen-bond donors (Lipinski definition) is 0. The molecule has 2 aromatic carbocycles. The highest BCUT2D eigenvalue weighted by atomic mass is 32.1. The molecular weight excluding hydrogens is 380 g/mol. The van der Waals surface area contributed by atoms with Crippen LogP contribution in [0.25, 0.3) is 11.0 Å². The molecule has 0 saturated carbocycles. The van der Waals surface area contributed by atoms with E-state index in [0.717, 1.165) is 17.2 Å². The van der Waals surface area contributed by atoms with Crippen LogP contribution in [0.15, 0.2) is 36.4 Å². The SMILES string of the molecule is CCOC(=O)C(CC(=O)c1ccc2c(c1)OCCO2)c1ccc2nsnc2c1. The molecule has 2 heterocycles. The predicted molar refractivity (Wildman–Crippen MR) is 103 cm³/mol. The minimum absolute atomic E-state index is 0.0124. The van der Waals surface area contributed by atoms with Crippen LogP contribution >= 0.6 is 11.7 Å². The van der Waals surface area contributed by atoms with Crippen molar-refractivity contribution in [1.29, 1.82) is 0 Å². The zero-order valence-electron chi connectivity index (χ0n) is 15.2. The smallest absolute Gasteiger partial charge is 0.313 e. The molecule has 4 rings (SSSR count). The van der Waals surface area contributed by atoms with E-state index >= 15 is 0 Å². The van der Waals surface area contributed by atoms with E-state index in [1.165, 1.54) is 0 Å². The molecule has 1 aromatic heterocycles. The second-order valence-corrected chi connectivity index (χ2v) is 6.83. The van der Waals surface area contributed by atoms with Gasteiger partial charge in [-0.2, -0.15) is 8.75 Å². The number of fused-ring (bicyclic) bond motifs is 2. The topological polar surface area (TPSA) is 87.6 Å². The van der Waals surface area contributed by atoms with Gasteiger partial charge >= 0.3 is 5.97 Å². The summed E-state index contributed by atoms with van der Waals surface area (Å²) < 4.78 is 24.6. The van der Waals surface area contributed by atoms with Gasteiger partial charge in [-0.1, -0.05) is 6.07 Å². The fourth-order valence-electron chi connectivity index (χ4n) is 3.12. The van der Waals surface area contributed by atoms with Gasteiger partial charge < -0.3 is 14.2 Å². The molecule has 0 fully saturated rings. The summed E-state index contributed by atoms with van der Waals surface area (Å²) in [6, 6.07) is 10.4. The van der Waals surface area contributed by atoms with Gasteiger partial charge in [-0.15, -0.1) is 0 Å². The van der Waals surface area contributed by atoms with Crippen molar-refractivity contribution in [2.75, 3.05) is 19.8 Å². The normalized spacial score (nSPS) is 13.9. The van der Waals surface area contributed by atoms with E-state index in [9.17, 15) is 9.59 Å². The summed E-state index contributed by atoms with van der Waals surface area (Å²) in [6.07, 6.45) is -0.0124. The van der Waals surface area contributed by atoms with Gasteiger partial charge in [-0.3, -0.25) is 9.59 Å². The van der Waals surface area contributed by atoms with Crippen LogP contribution in [-0.2, 0) is 9.53 Å². The second kappa shape index (κ2) is 7.93. The number of benzene rings is 2. The zero-order chi connectivity index (χ0) is 19.5. The third-order valence-corrected chi connectivity index (χ3v) is 5.06. The minimum atomic E-state index is -0.716. The van der Waals surface area contributed by atoms with Crippen molar-refractivity contribution in [1.82, 2.24) is 8.75 Å². The van der Waals surface area contributed by atoms with Gasteiger partial charge in [0, 0.05) is 12.0 Å².